The molecule has 0 aromatic carbocycles. The first-order valence-corrected chi connectivity index (χ1v) is 5.14. The Morgan fingerprint density at radius 2 is 1.93 bits per heavy atom. The molecule has 0 spiro atoms. The van der Waals surface area contributed by atoms with Crippen molar-refractivity contribution < 1.29 is 9.53 Å². The highest BCUT2D eigenvalue weighted by Crippen LogP contribution is 2.30. The van der Waals surface area contributed by atoms with Crippen molar-refractivity contribution in [3.63, 3.8) is 0 Å². The first kappa shape index (κ1) is 13.2. The molecule has 0 N–H and O–H groups in total. The first-order valence-electron chi connectivity index (χ1n) is 5.14. The van der Waals surface area contributed by atoms with Gasteiger partial charge in [0.05, 0.1) is 12.5 Å². The molecule has 0 saturated heterocycles. The zero-order valence-electron chi connectivity index (χ0n) is 10.2. The molecule has 0 bridgehead atoms. The molecule has 82 valence electrons. The largest absolute Gasteiger partial charge is 0.466 e. The molecule has 0 aliphatic rings. The van der Waals surface area contributed by atoms with Crippen LogP contribution in [0.15, 0.2) is 11.6 Å². The van der Waals surface area contributed by atoms with Gasteiger partial charge < -0.3 is 4.74 Å². The van der Waals surface area contributed by atoms with E-state index in [1.165, 1.54) is 5.57 Å². The third-order valence-electron chi connectivity index (χ3n) is 2.42. The van der Waals surface area contributed by atoms with E-state index in [4.69, 9.17) is 4.74 Å². The summed E-state index contributed by atoms with van der Waals surface area (Å²) in [6.45, 7) is 12.4. The molecule has 0 heterocycles. The van der Waals surface area contributed by atoms with E-state index >= 15 is 0 Å². The summed E-state index contributed by atoms with van der Waals surface area (Å²) >= 11 is 0. The molecule has 0 fully saturated rings. The molecule has 0 aliphatic carbocycles. The van der Waals surface area contributed by atoms with Crippen molar-refractivity contribution >= 4 is 5.97 Å². The van der Waals surface area contributed by atoms with Crippen LogP contribution in [0.2, 0.25) is 0 Å². The van der Waals surface area contributed by atoms with Gasteiger partial charge in [-0.3, -0.25) is 4.79 Å². The van der Waals surface area contributed by atoms with Crippen molar-refractivity contribution in [1.29, 1.82) is 0 Å². The lowest BCUT2D eigenvalue weighted by Gasteiger charge is -2.27. The van der Waals surface area contributed by atoms with E-state index in [9.17, 15) is 4.79 Å². The summed E-state index contributed by atoms with van der Waals surface area (Å²) in [6.07, 6.45) is 2.12. The molecule has 0 amide bonds. The van der Waals surface area contributed by atoms with Crippen LogP contribution in [0.1, 0.15) is 41.5 Å². The van der Waals surface area contributed by atoms with Gasteiger partial charge in [-0.1, -0.05) is 32.4 Å². The quantitative estimate of drug-likeness (QED) is 0.512. The normalized spacial score (nSPS) is 13.3. The van der Waals surface area contributed by atoms with Gasteiger partial charge in [-0.2, -0.15) is 0 Å². The van der Waals surface area contributed by atoms with Crippen LogP contribution in [0.5, 0.6) is 0 Å². The molecule has 0 aliphatic heterocycles. The maximum absolute atomic E-state index is 11.5. The Morgan fingerprint density at radius 1 is 1.43 bits per heavy atom. The summed E-state index contributed by atoms with van der Waals surface area (Å²) in [5.41, 5.74) is 1.09. The second-order valence-corrected chi connectivity index (χ2v) is 4.52. The van der Waals surface area contributed by atoms with Gasteiger partial charge in [0.25, 0.3) is 0 Å². The molecule has 1 atom stereocenters. The van der Waals surface area contributed by atoms with Crippen LogP contribution < -0.4 is 0 Å². The fourth-order valence-corrected chi connectivity index (χ4v) is 1.44. The van der Waals surface area contributed by atoms with E-state index in [-0.39, 0.29) is 17.3 Å². The minimum absolute atomic E-state index is 0.0997. The van der Waals surface area contributed by atoms with E-state index in [0.717, 1.165) is 0 Å². The molecular weight excluding hydrogens is 176 g/mol. The van der Waals surface area contributed by atoms with Gasteiger partial charge in [0.1, 0.15) is 0 Å². The number of ether oxygens (including phenoxy) is 1. The predicted octanol–water partition coefficient (Wildman–Crippen LogP) is 3.18. The molecule has 0 aromatic rings. The summed E-state index contributed by atoms with van der Waals surface area (Å²) in [4.78, 5) is 11.5. The average molecular weight is 198 g/mol. The Kier molecular flexibility index (Phi) is 4.89. The Morgan fingerprint density at radius 3 is 2.29 bits per heavy atom. The summed E-state index contributed by atoms with van der Waals surface area (Å²) in [5, 5.41) is 0. The Hall–Kier alpha value is -0.790. The average Bonchev–Trinajstić information content (AvgIpc) is 2.01. The molecule has 14 heavy (non-hydrogen) atoms. The zero-order chi connectivity index (χ0) is 11.4. The second-order valence-electron chi connectivity index (χ2n) is 4.52. The number of rotatable bonds is 4. The topological polar surface area (TPSA) is 26.3 Å². The first-order chi connectivity index (χ1) is 6.31. The lowest BCUT2D eigenvalue weighted by Crippen LogP contribution is -2.28. The van der Waals surface area contributed by atoms with Gasteiger partial charge in [-0.15, -0.1) is 0 Å². The molecule has 0 aromatic heterocycles. The monoisotopic (exact) mass is 198 g/mol. The van der Waals surface area contributed by atoms with E-state index < -0.39 is 0 Å². The highest BCUT2D eigenvalue weighted by Gasteiger charge is 2.30. The van der Waals surface area contributed by atoms with E-state index in [2.05, 4.69) is 19.9 Å². The third kappa shape index (κ3) is 3.95. The van der Waals surface area contributed by atoms with Gasteiger partial charge in [0.2, 0.25) is 0 Å². The molecule has 2 heteroatoms. The standard InChI is InChI=1S/C12H22O2/c1-7-14-11(13)10(4)12(5,6)8-9(2)3/h8,10H,7H2,1-6H3. The Bertz CT molecular complexity index is 222. The fraction of sp³-hybridized carbons (Fsp3) is 0.750. The number of carbonyl (C=O) groups excluding carboxylic acids is 1. The van der Waals surface area contributed by atoms with E-state index in [0.29, 0.717) is 6.61 Å². The van der Waals surface area contributed by atoms with Crippen molar-refractivity contribution in [2.24, 2.45) is 11.3 Å². The minimum Gasteiger partial charge on any atom is -0.466 e. The summed E-state index contributed by atoms with van der Waals surface area (Å²) in [5.74, 6) is -0.215. The maximum atomic E-state index is 11.5. The van der Waals surface area contributed by atoms with Crippen LogP contribution in [0, 0.1) is 11.3 Å². The molecule has 0 rings (SSSR count). The lowest BCUT2D eigenvalue weighted by atomic mass is 9.79. The van der Waals surface area contributed by atoms with Crippen LogP contribution >= 0.6 is 0 Å². The van der Waals surface area contributed by atoms with Crippen molar-refractivity contribution in [1.82, 2.24) is 0 Å². The summed E-state index contributed by atoms with van der Waals surface area (Å²) in [7, 11) is 0. The van der Waals surface area contributed by atoms with Crippen LogP contribution in [-0.4, -0.2) is 12.6 Å². The van der Waals surface area contributed by atoms with Crippen LogP contribution in [0.3, 0.4) is 0 Å². The number of carbonyl (C=O) groups is 1. The predicted molar refractivity (Wildman–Crippen MR) is 59.0 cm³/mol. The lowest BCUT2D eigenvalue weighted by molar-refractivity contribution is -0.150. The molecular formula is C12H22O2. The second kappa shape index (κ2) is 5.18. The number of hydrogen-bond acceptors (Lipinski definition) is 2. The molecule has 1 unspecified atom stereocenters. The fourth-order valence-electron chi connectivity index (χ4n) is 1.44. The number of allylic oxidation sites excluding steroid dienone is 2. The van der Waals surface area contributed by atoms with Crippen molar-refractivity contribution in [2.75, 3.05) is 6.61 Å². The smallest absolute Gasteiger partial charge is 0.309 e. The van der Waals surface area contributed by atoms with Crippen LogP contribution in [-0.2, 0) is 9.53 Å². The summed E-state index contributed by atoms with van der Waals surface area (Å²) in [6, 6.07) is 0. The number of hydrogen-bond donors (Lipinski definition) is 0. The van der Waals surface area contributed by atoms with Gasteiger partial charge in [-0.05, 0) is 26.2 Å². The van der Waals surface area contributed by atoms with E-state index in [1.807, 2.05) is 27.7 Å². The van der Waals surface area contributed by atoms with Crippen LogP contribution in [0.25, 0.3) is 0 Å². The maximum Gasteiger partial charge on any atom is 0.309 e. The SMILES string of the molecule is CCOC(=O)C(C)C(C)(C)C=C(C)C. The van der Waals surface area contributed by atoms with Gasteiger partial charge in [0.15, 0.2) is 0 Å². The van der Waals surface area contributed by atoms with E-state index in [1.54, 1.807) is 0 Å². The molecule has 0 radical (unpaired) electrons. The van der Waals surface area contributed by atoms with Crippen molar-refractivity contribution in [3.8, 4) is 0 Å². The van der Waals surface area contributed by atoms with Crippen molar-refractivity contribution in [3.05, 3.63) is 11.6 Å². The van der Waals surface area contributed by atoms with Gasteiger partial charge in [0, 0.05) is 0 Å². The Balaban J connectivity index is 4.57. The highest BCUT2D eigenvalue weighted by atomic mass is 16.5. The summed E-state index contributed by atoms with van der Waals surface area (Å²) < 4.78 is 5.00. The molecule has 2 nitrogen and oxygen atoms in total. The van der Waals surface area contributed by atoms with Gasteiger partial charge in [-0.25, -0.2) is 0 Å². The highest BCUT2D eigenvalue weighted by molar-refractivity contribution is 5.73. The number of esters is 1. The van der Waals surface area contributed by atoms with Gasteiger partial charge >= 0.3 is 5.97 Å². The third-order valence-corrected chi connectivity index (χ3v) is 2.42. The minimum atomic E-state index is -0.134. The zero-order valence-corrected chi connectivity index (χ0v) is 10.2. The van der Waals surface area contributed by atoms with Crippen LogP contribution in [0.4, 0.5) is 0 Å². The molecule has 0 saturated carbocycles. The van der Waals surface area contributed by atoms with Crippen molar-refractivity contribution in [2.45, 2.75) is 41.5 Å². The Labute approximate surface area is 87.3 Å².